The Kier molecular flexibility index (Phi) is 7.88. The number of ether oxygens (including phenoxy) is 3. The van der Waals surface area contributed by atoms with Gasteiger partial charge in [-0.15, -0.1) is 0 Å². The maximum absolute atomic E-state index is 6.23. The molecule has 0 amide bonds. The molecule has 3 rings (SSSR count). The Bertz CT molecular complexity index is 880. The Balaban J connectivity index is 1.58. The maximum atomic E-state index is 6.23. The fraction of sp³-hybridized carbons (Fsp3) is 0.381. The summed E-state index contributed by atoms with van der Waals surface area (Å²) in [6.07, 6.45) is 0. The lowest BCUT2D eigenvalue weighted by molar-refractivity contribution is 0.176. The predicted octanol–water partition coefficient (Wildman–Crippen LogP) is 4.53. The van der Waals surface area contributed by atoms with Crippen LogP contribution >= 0.6 is 35.4 Å². The summed E-state index contributed by atoms with van der Waals surface area (Å²) < 4.78 is 16.3. The number of anilines is 1. The Morgan fingerprint density at radius 1 is 0.967 bits per heavy atom. The highest BCUT2D eigenvalue weighted by Gasteiger charge is 2.21. The highest BCUT2D eigenvalue weighted by molar-refractivity contribution is 7.80. The topological polar surface area (TPSA) is 46.2 Å². The number of rotatable bonds is 6. The molecule has 0 atom stereocenters. The summed E-state index contributed by atoms with van der Waals surface area (Å²) in [5, 5.41) is 5.02. The molecule has 6 nitrogen and oxygen atoms in total. The van der Waals surface area contributed by atoms with E-state index in [4.69, 9.17) is 49.6 Å². The number of hydrogen-bond donors (Lipinski definition) is 1. The van der Waals surface area contributed by atoms with Gasteiger partial charge in [-0.2, -0.15) is 0 Å². The monoisotopic (exact) mass is 469 g/mol. The first kappa shape index (κ1) is 22.7. The first-order valence-corrected chi connectivity index (χ1v) is 10.6. The normalized spacial score (nSPS) is 14.4. The van der Waals surface area contributed by atoms with E-state index in [1.807, 2.05) is 18.2 Å². The second kappa shape index (κ2) is 10.4. The Morgan fingerprint density at radius 3 is 2.13 bits per heavy atom. The van der Waals surface area contributed by atoms with Crippen LogP contribution in [0.15, 0.2) is 30.3 Å². The van der Waals surface area contributed by atoms with Crippen LogP contribution in [-0.2, 0) is 6.54 Å². The molecule has 1 heterocycles. The summed E-state index contributed by atoms with van der Waals surface area (Å²) in [5.74, 6) is 1.93. The van der Waals surface area contributed by atoms with Gasteiger partial charge in [-0.25, -0.2) is 0 Å². The van der Waals surface area contributed by atoms with Gasteiger partial charge in [0.25, 0.3) is 0 Å². The van der Waals surface area contributed by atoms with E-state index in [1.54, 1.807) is 33.5 Å². The van der Waals surface area contributed by atoms with Crippen molar-refractivity contribution in [1.82, 2.24) is 9.80 Å². The van der Waals surface area contributed by atoms with Crippen molar-refractivity contribution in [2.75, 3.05) is 52.8 Å². The summed E-state index contributed by atoms with van der Waals surface area (Å²) in [5.41, 5.74) is 1.86. The fourth-order valence-corrected chi connectivity index (χ4v) is 4.13. The van der Waals surface area contributed by atoms with E-state index in [0.29, 0.717) is 32.4 Å². The molecular formula is C21H25Cl2N3O3S. The van der Waals surface area contributed by atoms with Crippen LogP contribution in [0.5, 0.6) is 17.2 Å². The Hall–Kier alpha value is -1.93. The number of thiocarbonyl (C=S) groups is 1. The van der Waals surface area contributed by atoms with E-state index in [-0.39, 0.29) is 0 Å². The third-order valence-electron chi connectivity index (χ3n) is 4.96. The van der Waals surface area contributed by atoms with Crippen LogP contribution in [-0.4, -0.2) is 62.4 Å². The molecule has 2 aromatic carbocycles. The number of hydrogen-bond acceptors (Lipinski definition) is 5. The molecule has 0 bridgehead atoms. The average Bonchev–Trinajstić information content (AvgIpc) is 2.75. The SMILES string of the molecule is COc1cc(CN2CCN(C(=S)Nc3ccc(Cl)cc3Cl)CC2)cc(OC)c1OC. The highest BCUT2D eigenvalue weighted by Crippen LogP contribution is 2.38. The zero-order valence-electron chi connectivity index (χ0n) is 17.2. The molecule has 1 N–H and O–H groups in total. The average molecular weight is 470 g/mol. The molecule has 162 valence electrons. The summed E-state index contributed by atoms with van der Waals surface area (Å²) in [7, 11) is 4.86. The van der Waals surface area contributed by atoms with Gasteiger partial charge < -0.3 is 24.4 Å². The van der Waals surface area contributed by atoms with Gasteiger partial charge in [-0.05, 0) is 48.1 Å². The van der Waals surface area contributed by atoms with Crippen molar-refractivity contribution in [1.29, 1.82) is 0 Å². The molecule has 1 aliphatic rings. The quantitative estimate of drug-likeness (QED) is 0.623. The maximum Gasteiger partial charge on any atom is 0.203 e. The molecule has 1 fully saturated rings. The largest absolute Gasteiger partial charge is 0.493 e. The second-order valence-electron chi connectivity index (χ2n) is 6.85. The summed E-state index contributed by atoms with van der Waals surface area (Å²) in [6.45, 7) is 4.19. The van der Waals surface area contributed by atoms with Crippen molar-refractivity contribution in [3.8, 4) is 17.2 Å². The molecule has 0 radical (unpaired) electrons. The molecule has 0 aromatic heterocycles. The smallest absolute Gasteiger partial charge is 0.203 e. The minimum atomic E-state index is 0.547. The molecule has 0 saturated carbocycles. The standard InChI is InChI=1S/C21H25Cl2N3O3S/c1-27-18-10-14(11-19(28-2)20(18)29-3)13-25-6-8-26(9-7-25)21(30)24-17-5-4-15(22)12-16(17)23/h4-5,10-12H,6-9,13H2,1-3H3,(H,24,30). The molecule has 1 aliphatic heterocycles. The van der Waals surface area contributed by atoms with E-state index in [1.165, 1.54) is 0 Å². The van der Waals surface area contributed by atoms with E-state index in [0.717, 1.165) is 44.0 Å². The van der Waals surface area contributed by atoms with Crippen molar-refractivity contribution < 1.29 is 14.2 Å². The van der Waals surface area contributed by atoms with Crippen LogP contribution < -0.4 is 19.5 Å². The van der Waals surface area contributed by atoms with Crippen LogP contribution in [0.3, 0.4) is 0 Å². The number of halogens is 2. The van der Waals surface area contributed by atoms with Crippen LogP contribution in [0.1, 0.15) is 5.56 Å². The molecule has 9 heteroatoms. The summed E-state index contributed by atoms with van der Waals surface area (Å²) in [4.78, 5) is 4.51. The lowest BCUT2D eigenvalue weighted by Crippen LogP contribution is -2.49. The van der Waals surface area contributed by atoms with Crippen molar-refractivity contribution in [3.05, 3.63) is 45.9 Å². The predicted molar refractivity (Wildman–Crippen MR) is 126 cm³/mol. The van der Waals surface area contributed by atoms with Crippen molar-refractivity contribution in [3.63, 3.8) is 0 Å². The van der Waals surface area contributed by atoms with Gasteiger partial charge in [0.15, 0.2) is 16.6 Å². The van der Waals surface area contributed by atoms with Crippen molar-refractivity contribution >= 4 is 46.2 Å². The van der Waals surface area contributed by atoms with Gasteiger partial charge in [0, 0.05) is 37.7 Å². The third-order valence-corrected chi connectivity index (χ3v) is 5.87. The lowest BCUT2D eigenvalue weighted by Gasteiger charge is -2.36. The van der Waals surface area contributed by atoms with Gasteiger partial charge >= 0.3 is 0 Å². The van der Waals surface area contributed by atoms with Gasteiger partial charge in [0.1, 0.15) is 0 Å². The molecule has 0 spiro atoms. The molecule has 30 heavy (non-hydrogen) atoms. The fourth-order valence-electron chi connectivity index (χ4n) is 3.38. The second-order valence-corrected chi connectivity index (χ2v) is 8.08. The van der Waals surface area contributed by atoms with Crippen molar-refractivity contribution in [2.45, 2.75) is 6.54 Å². The molecule has 0 unspecified atom stereocenters. The summed E-state index contributed by atoms with van der Waals surface area (Å²) in [6, 6.07) is 9.29. The van der Waals surface area contributed by atoms with E-state index in [2.05, 4.69) is 15.1 Å². The first-order chi connectivity index (χ1) is 14.4. The molecule has 1 saturated heterocycles. The zero-order chi connectivity index (χ0) is 21.7. The van der Waals surface area contributed by atoms with Gasteiger partial charge in [0.2, 0.25) is 5.75 Å². The Labute approximate surface area is 192 Å². The molecule has 2 aromatic rings. The minimum absolute atomic E-state index is 0.547. The first-order valence-electron chi connectivity index (χ1n) is 9.47. The van der Waals surface area contributed by atoms with Crippen LogP contribution in [0.4, 0.5) is 5.69 Å². The van der Waals surface area contributed by atoms with Crippen LogP contribution in [0.2, 0.25) is 10.0 Å². The van der Waals surface area contributed by atoms with Crippen molar-refractivity contribution in [2.24, 2.45) is 0 Å². The van der Waals surface area contributed by atoms with Crippen LogP contribution in [0.25, 0.3) is 0 Å². The zero-order valence-corrected chi connectivity index (χ0v) is 19.5. The van der Waals surface area contributed by atoms with Gasteiger partial charge in [0.05, 0.1) is 32.0 Å². The molecular weight excluding hydrogens is 445 g/mol. The van der Waals surface area contributed by atoms with Gasteiger partial charge in [-0.1, -0.05) is 23.2 Å². The van der Waals surface area contributed by atoms with E-state index in [9.17, 15) is 0 Å². The number of benzene rings is 2. The minimum Gasteiger partial charge on any atom is -0.493 e. The summed E-state index contributed by atoms with van der Waals surface area (Å²) >= 11 is 17.8. The number of nitrogens with zero attached hydrogens (tertiary/aromatic N) is 2. The third kappa shape index (κ3) is 5.40. The van der Waals surface area contributed by atoms with E-state index >= 15 is 0 Å². The van der Waals surface area contributed by atoms with Crippen LogP contribution in [0, 0.1) is 0 Å². The van der Waals surface area contributed by atoms with Gasteiger partial charge in [-0.3, -0.25) is 4.90 Å². The number of piperazine rings is 1. The lowest BCUT2D eigenvalue weighted by atomic mass is 10.1. The van der Waals surface area contributed by atoms with E-state index < -0.39 is 0 Å². The highest BCUT2D eigenvalue weighted by atomic mass is 35.5. The Morgan fingerprint density at radius 2 is 1.60 bits per heavy atom. The number of methoxy groups -OCH3 is 3. The molecule has 0 aliphatic carbocycles. The number of nitrogens with one attached hydrogen (secondary N) is 1.